The zero-order valence-corrected chi connectivity index (χ0v) is 19.6. The highest BCUT2D eigenvalue weighted by Gasteiger charge is 2.38. The number of allylic oxidation sites excluding steroid dienone is 1. The van der Waals surface area contributed by atoms with E-state index in [0.717, 1.165) is 25.2 Å². The summed E-state index contributed by atoms with van der Waals surface area (Å²) in [4.78, 5) is 24.6. The predicted octanol–water partition coefficient (Wildman–Crippen LogP) is 4.63. The lowest BCUT2D eigenvalue weighted by Crippen LogP contribution is -2.38. The molecule has 2 aliphatic rings. The van der Waals surface area contributed by atoms with Crippen LogP contribution in [0.5, 0.6) is 0 Å². The van der Waals surface area contributed by atoms with Crippen LogP contribution in [0.4, 0.5) is 13.2 Å². The van der Waals surface area contributed by atoms with Crippen molar-refractivity contribution >= 4 is 11.8 Å². The molecule has 0 saturated carbocycles. The number of halogens is 3. The van der Waals surface area contributed by atoms with Crippen LogP contribution in [-0.4, -0.2) is 39.0 Å². The van der Waals surface area contributed by atoms with Crippen molar-refractivity contribution in [1.29, 1.82) is 0 Å². The van der Waals surface area contributed by atoms with Crippen LogP contribution in [0.25, 0.3) is 0 Å². The van der Waals surface area contributed by atoms with Gasteiger partial charge in [-0.1, -0.05) is 60.7 Å². The molecule has 2 aromatic carbocycles. The summed E-state index contributed by atoms with van der Waals surface area (Å²) < 4.78 is 33.8. The van der Waals surface area contributed by atoms with Crippen LogP contribution in [0.1, 0.15) is 38.8 Å². The average Bonchev–Trinajstić information content (AvgIpc) is 3.19. The number of carboxylic acid groups (broad SMARTS) is 1. The Morgan fingerprint density at radius 2 is 1.64 bits per heavy atom. The first-order valence-corrected chi connectivity index (χ1v) is 11.5. The number of aromatic nitrogens is 1. The van der Waals surface area contributed by atoms with Crippen molar-refractivity contribution in [2.75, 3.05) is 6.54 Å². The van der Waals surface area contributed by atoms with Crippen LogP contribution >= 0.6 is 0 Å². The number of Topliss-reactive ketones (excluding diaryl/α,β-unsaturated/α-hetero) is 1. The lowest BCUT2D eigenvalue weighted by atomic mass is 9.87. The van der Waals surface area contributed by atoms with Crippen molar-refractivity contribution in [1.82, 2.24) is 14.8 Å². The molecular weight excluding hydrogens is 471 g/mol. The number of carbonyl (C=O) groups excluding carboxylic acids is 1. The highest BCUT2D eigenvalue weighted by Crippen LogP contribution is 2.39. The van der Waals surface area contributed by atoms with Gasteiger partial charge in [0.05, 0.1) is 17.4 Å². The molecule has 5 rings (SSSR count). The van der Waals surface area contributed by atoms with E-state index in [1.54, 1.807) is 0 Å². The summed E-state index contributed by atoms with van der Waals surface area (Å²) in [6, 6.07) is 20.9. The zero-order valence-electron chi connectivity index (χ0n) is 19.6. The Kier molecular flexibility index (Phi) is 7.30. The van der Waals surface area contributed by atoms with Gasteiger partial charge >= 0.3 is 12.1 Å². The summed E-state index contributed by atoms with van der Waals surface area (Å²) in [5.41, 5.74) is 6.52. The number of aryl methyl sites for hydroxylation is 1. The van der Waals surface area contributed by atoms with E-state index in [0.29, 0.717) is 12.2 Å². The molecule has 0 radical (unpaired) electrons. The summed E-state index contributed by atoms with van der Waals surface area (Å²) in [5.74, 6) is -2.66. The lowest BCUT2D eigenvalue weighted by Gasteiger charge is -2.37. The number of rotatable bonds is 5. The highest BCUT2D eigenvalue weighted by molar-refractivity contribution is 6.10. The van der Waals surface area contributed by atoms with Crippen molar-refractivity contribution < 1.29 is 27.9 Å². The van der Waals surface area contributed by atoms with Gasteiger partial charge in [-0.05, 0) is 29.2 Å². The SMILES string of the molecule is Cn1cc2c3c1C(=O)C(NCc1ccccc1)=CC3N(Cc1ccccc1)CC2.O=C(O)C(F)(F)F. The molecule has 6 nitrogen and oxygen atoms in total. The van der Waals surface area contributed by atoms with Crippen LogP contribution in [0.2, 0.25) is 0 Å². The molecule has 0 spiro atoms. The molecule has 3 aromatic rings. The molecule has 2 heterocycles. The molecular formula is C27H26F3N3O3. The number of carbonyl (C=O) groups is 2. The molecule has 1 aromatic heterocycles. The number of hydrogen-bond donors (Lipinski definition) is 2. The van der Waals surface area contributed by atoms with Gasteiger partial charge in [0, 0.05) is 38.4 Å². The number of aliphatic carboxylic acids is 1. The van der Waals surface area contributed by atoms with Gasteiger partial charge in [0.15, 0.2) is 0 Å². The summed E-state index contributed by atoms with van der Waals surface area (Å²) in [6.07, 6.45) is 0.184. The molecule has 2 N–H and O–H groups in total. The van der Waals surface area contributed by atoms with E-state index >= 15 is 0 Å². The number of hydrogen-bond acceptors (Lipinski definition) is 4. The third kappa shape index (κ3) is 5.52. The first-order chi connectivity index (χ1) is 17.1. The number of alkyl halides is 3. The number of ketones is 1. The van der Waals surface area contributed by atoms with Crippen LogP contribution in [0, 0.1) is 0 Å². The molecule has 36 heavy (non-hydrogen) atoms. The van der Waals surface area contributed by atoms with Gasteiger partial charge in [-0.25, -0.2) is 4.79 Å². The van der Waals surface area contributed by atoms with Gasteiger partial charge < -0.3 is 15.0 Å². The molecule has 1 aliphatic heterocycles. The minimum absolute atomic E-state index is 0.0995. The van der Waals surface area contributed by atoms with Gasteiger partial charge in [0.1, 0.15) is 0 Å². The quantitative estimate of drug-likeness (QED) is 0.538. The van der Waals surface area contributed by atoms with Gasteiger partial charge in [0.25, 0.3) is 0 Å². The first kappa shape index (κ1) is 25.2. The zero-order chi connectivity index (χ0) is 25.9. The monoisotopic (exact) mass is 497 g/mol. The fourth-order valence-electron chi connectivity index (χ4n) is 4.58. The Balaban J connectivity index is 0.000000384. The maximum absolute atomic E-state index is 13.3. The van der Waals surface area contributed by atoms with Crippen molar-refractivity contribution in [3.05, 3.63) is 107 Å². The van der Waals surface area contributed by atoms with E-state index in [4.69, 9.17) is 9.90 Å². The number of nitrogens with one attached hydrogen (secondary N) is 1. The van der Waals surface area contributed by atoms with E-state index in [9.17, 15) is 18.0 Å². The standard InChI is InChI=1S/C25H25N3O.C2HF3O2/c1-27-17-20-12-13-28(16-19-10-6-3-7-11-19)22-14-21(25(29)24(27)23(20)22)26-15-18-8-4-2-5-9-18;3-2(4,5)1(6)7/h2-11,14,17,22,26H,12-13,15-16H2,1H3;(H,6,7). The molecule has 0 amide bonds. The van der Waals surface area contributed by atoms with Crippen LogP contribution in [0.15, 0.2) is 78.6 Å². The fraction of sp³-hybridized carbons (Fsp3) is 0.259. The molecule has 0 bridgehead atoms. The largest absolute Gasteiger partial charge is 0.490 e. The lowest BCUT2D eigenvalue weighted by molar-refractivity contribution is -0.192. The number of carboxylic acids is 1. The van der Waals surface area contributed by atoms with Gasteiger partial charge in [-0.3, -0.25) is 9.69 Å². The van der Waals surface area contributed by atoms with Crippen LogP contribution in [-0.2, 0) is 31.4 Å². The molecule has 0 fully saturated rings. The van der Waals surface area contributed by atoms with E-state index in [1.165, 1.54) is 22.3 Å². The second kappa shape index (κ2) is 10.4. The molecule has 9 heteroatoms. The summed E-state index contributed by atoms with van der Waals surface area (Å²) in [5, 5.41) is 10.5. The van der Waals surface area contributed by atoms with Crippen molar-refractivity contribution in [2.24, 2.45) is 7.05 Å². The highest BCUT2D eigenvalue weighted by atomic mass is 19.4. The molecule has 188 valence electrons. The molecule has 1 unspecified atom stereocenters. The second-order valence-electron chi connectivity index (χ2n) is 8.73. The smallest absolute Gasteiger partial charge is 0.475 e. The van der Waals surface area contributed by atoms with Crippen molar-refractivity contribution in [3.8, 4) is 0 Å². The third-order valence-electron chi connectivity index (χ3n) is 6.24. The fourth-order valence-corrected chi connectivity index (χ4v) is 4.58. The predicted molar refractivity (Wildman–Crippen MR) is 128 cm³/mol. The van der Waals surface area contributed by atoms with Gasteiger partial charge in [0.2, 0.25) is 5.78 Å². The van der Waals surface area contributed by atoms with Crippen molar-refractivity contribution in [2.45, 2.75) is 31.7 Å². The Hall–Kier alpha value is -3.85. The Labute approximate surface area is 206 Å². The third-order valence-corrected chi connectivity index (χ3v) is 6.24. The first-order valence-electron chi connectivity index (χ1n) is 11.5. The van der Waals surface area contributed by atoms with E-state index in [-0.39, 0.29) is 11.8 Å². The molecule has 1 atom stereocenters. The van der Waals surface area contributed by atoms with Crippen LogP contribution < -0.4 is 5.32 Å². The summed E-state index contributed by atoms with van der Waals surface area (Å²) in [6.45, 7) is 2.53. The Morgan fingerprint density at radius 3 is 2.22 bits per heavy atom. The maximum atomic E-state index is 13.3. The Bertz CT molecular complexity index is 1270. The van der Waals surface area contributed by atoms with E-state index < -0.39 is 12.1 Å². The molecule has 1 aliphatic carbocycles. The molecule has 0 saturated heterocycles. The topological polar surface area (TPSA) is 74.6 Å². The minimum Gasteiger partial charge on any atom is -0.475 e. The summed E-state index contributed by atoms with van der Waals surface area (Å²) in [7, 11) is 1.99. The minimum atomic E-state index is -5.08. The second-order valence-corrected chi connectivity index (χ2v) is 8.73. The average molecular weight is 498 g/mol. The summed E-state index contributed by atoms with van der Waals surface area (Å²) >= 11 is 0. The van der Waals surface area contributed by atoms with Crippen LogP contribution in [0.3, 0.4) is 0 Å². The van der Waals surface area contributed by atoms with Crippen molar-refractivity contribution in [3.63, 3.8) is 0 Å². The van der Waals surface area contributed by atoms with E-state index in [1.807, 2.05) is 29.8 Å². The normalized spacial score (nSPS) is 16.9. The van der Waals surface area contributed by atoms with E-state index in [2.05, 4.69) is 65.0 Å². The maximum Gasteiger partial charge on any atom is 0.490 e. The number of nitrogens with zero attached hydrogens (tertiary/aromatic N) is 2. The Morgan fingerprint density at radius 1 is 1.06 bits per heavy atom. The van der Waals surface area contributed by atoms with Gasteiger partial charge in [-0.2, -0.15) is 13.2 Å². The number of benzene rings is 2. The van der Waals surface area contributed by atoms with Gasteiger partial charge in [-0.15, -0.1) is 0 Å².